The second kappa shape index (κ2) is 5.03. The Balaban J connectivity index is 2.29. The minimum absolute atomic E-state index is 0.0566. The molecule has 0 bridgehead atoms. The van der Waals surface area contributed by atoms with Gasteiger partial charge in [-0.05, 0) is 5.92 Å². The zero-order chi connectivity index (χ0) is 14.2. The summed E-state index contributed by atoms with van der Waals surface area (Å²) in [5.74, 6) is 0.202. The number of anilines is 1. The van der Waals surface area contributed by atoms with Gasteiger partial charge in [0.25, 0.3) is 5.56 Å². The molecule has 2 unspecified atom stereocenters. The highest BCUT2D eigenvalue weighted by Crippen LogP contribution is 2.26. The highest BCUT2D eigenvalue weighted by atomic mass is 16.4. The average molecular weight is 265 g/mol. The number of carboxylic acids is 1. The number of nitrogens with zero attached hydrogens (tertiary/aromatic N) is 2. The highest BCUT2D eigenvalue weighted by Gasteiger charge is 2.35. The van der Waals surface area contributed by atoms with Gasteiger partial charge in [0.15, 0.2) is 0 Å². The molecule has 0 amide bonds. The average Bonchev–Trinajstić information content (AvgIpc) is 2.70. The number of carbonyl (C=O) groups is 1. The van der Waals surface area contributed by atoms with Gasteiger partial charge in [-0.3, -0.25) is 9.59 Å². The number of H-pyrrole nitrogens is 1. The van der Waals surface area contributed by atoms with Crippen LogP contribution in [0.3, 0.4) is 0 Å². The van der Waals surface area contributed by atoms with E-state index < -0.39 is 11.9 Å². The number of aromatic nitrogens is 2. The maximum Gasteiger partial charge on any atom is 0.308 e. The molecule has 0 aliphatic carbocycles. The molecule has 6 heteroatoms. The zero-order valence-electron chi connectivity index (χ0n) is 11.4. The van der Waals surface area contributed by atoms with E-state index in [2.05, 4.69) is 9.97 Å². The summed E-state index contributed by atoms with van der Waals surface area (Å²) in [5.41, 5.74) is -0.194. The van der Waals surface area contributed by atoms with E-state index in [1.807, 2.05) is 25.7 Å². The molecule has 2 rings (SSSR count). The van der Waals surface area contributed by atoms with E-state index in [4.69, 9.17) is 5.11 Å². The lowest BCUT2D eigenvalue weighted by molar-refractivity contribution is -0.142. The maximum atomic E-state index is 11.6. The predicted octanol–water partition coefficient (Wildman–Crippen LogP) is 1.05. The third-order valence-corrected chi connectivity index (χ3v) is 3.55. The van der Waals surface area contributed by atoms with Crippen molar-refractivity contribution >= 4 is 11.8 Å². The van der Waals surface area contributed by atoms with Crippen LogP contribution in [0.2, 0.25) is 0 Å². The van der Waals surface area contributed by atoms with Crippen LogP contribution >= 0.6 is 0 Å². The Bertz CT molecular complexity index is 538. The third kappa shape index (κ3) is 2.77. The summed E-state index contributed by atoms with van der Waals surface area (Å²) in [5, 5.41) is 9.13. The van der Waals surface area contributed by atoms with Crippen molar-refractivity contribution in [1.29, 1.82) is 0 Å². The van der Waals surface area contributed by atoms with Crippen molar-refractivity contribution in [2.75, 3.05) is 18.0 Å². The molecular formula is C13H19N3O3. The molecular weight excluding hydrogens is 246 g/mol. The fourth-order valence-electron chi connectivity index (χ4n) is 2.37. The lowest BCUT2D eigenvalue weighted by atomic mass is 9.99. The highest BCUT2D eigenvalue weighted by molar-refractivity contribution is 5.72. The summed E-state index contributed by atoms with van der Waals surface area (Å²) in [4.78, 5) is 31.8. The minimum atomic E-state index is -0.788. The number of carboxylic acid groups (broad SMARTS) is 1. The van der Waals surface area contributed by atoms with Crippen LogP contribution in [0.15, 0.2) is 10.9 Å². The first-order valence-electron chi connectivity index (χ1n) is 6.47. The maximum absolute atomic E-state index is 11.6. The molecule has 1 aliphatic rings. The van der Waals surface area contributed by atoms with Crippen LogP contribution in [-0.4, -0.2) is 34.1 Å². The molecule has 104 valence electrons. The second-order valence-electron chi connectivity index (χ2n) is 5.47. The number of hydrogen-bond acceptors (Lipinski definition) is 4. The van der Waals surface area contributed by atoms with Crippen molar-refractivity contribution in [3.63, 3.8) is 0 Å². The van der Waals surface area contributed by atoms with Gasteiger partial charge in [0.05, 0.1) is 5.92 Å². The topological polar surface area (TPSA) is 86.3 Å². The number of rotatable bonds is 3. The summed E-state index contributed by atoms with van der Waals surface area (Å²) in [6, 6.07) is 1.43. The minimum Gasteiger partial charge on any atom is -0.481 e. The fourth-order valence-corrected chi connectivity index (χ4v) is 2.37. The zero-order valence-corrected chi connectivity index (χ0v) is 11.4. The molecule has 1 aromatic rings. The predicted molar refractivity (Wildman–Crippen MR) is 71.4 cm³/mol. The third-order valence-electron chi connectivity index (χ3n) is 3.55. The lowest BCUT2D eigenvalue weighted by Gasteiger charge is -2.18. The number of hydrogen-bond donors (Lipinski definition) is 2. The number of nitrogens with one attached hydrogen (secondary N) is 1. The summed E-state index contributed by atoms with van der Waals surface area (Å²) < 4.78 is 0. The Morgan fingerprint density at radius 1 is 1.53 bits per heavy atom. The summed E-state index contributed by atoms with van der Waals surface area (Å²) in [6.45, 7) is 6.84. The standard InChI is InChI=1S/C13H19N3O3/c1-7(2)12-14-10(4-11(17)15-12)16-5-8(3)9(6-16)13(18)19/h4,7-9H,5-6H2,1-3H3,(H,18,19)(H,14,15,17). The van der Waals surface area contributed by atoms with E-state index in [0.29, 0.717) is 24.7 Å². The first-order chi connectivity index (χ1) is 8.88. The van der Waals surface area contributed by atoms with Gasteiger partial charge in [-0.1, -0.05) is 20.8 Å². The normalized spacial score (nSPS) is 23.1. The van der Waals surface area contributed by atoms with Crippen molar-refractivity contribution in [2.24, 2.45) is 11.8 Å². The lowest BCUT2D eigenvalue weighted by Crippen LogP contribution is -2.26. The van der Waals surface area contributed by atoms with E-state index in [-0.39, 0.29) is 17.4 Å². The molecule has 6 nitrogen and oxygen atoms in total. The number of aromatic amines is 1. The van der Waals surface area contributed by atoms with Crippen molar-refractivity contribution in [2.45, 2.75) is 26.7 Å². The van der Waals surface area contributed by atoms with Crippen LogP contribution in [-0.2, 0) is 4.79 Å². The summed E-state index contributed by atoms with van der Waals surface area (Å²) in [6.07, 6.45) is 0. The molecule has 2 atom stereocenters. The molecule has 19 heavy (non-hydrogen) atoms. The van der Waals surface area contributed by atoms with Gasteiger partial charge in [-0.25, -0.2) is 4.98 Å². The monoisotopic (exact) mass is 265 g/mol. The van der Waals surface area contributed by atoms with Crippen molar-refractivity contribution in [1.82, 2.24) is 9.97 Å². The van der Waals surface area contributed by atoms with Gasteiger partial charge in [-0.2, -0.15) is 0 Å². The van der Waals surface area contributed by atoms with Crippen molar-refractivity contribution in [3.8, 4) is 0 Å². The van der Waals surface area contributed by atoms with Crippen LogP contribution in [0, 0.1) is 11.8 Å². The second-order valence-corrected chi connectivity index (χ2v) is 5.47. The van der Waals surface area contributed by atoms with Crippen LogP contribution < -0.4 is 10.5 Å². The molecule has 0 saturated carbocycles. The van der Waals surface area contributed by atoms with E-state index in [1.165, 1.54) is 6.07 Å². The smallest absolute Gasteiger partial charge is 0.308 e. The van der Waals surface area contributed by atoms with Gasteiger partial charge in [0.1, 0.15) is 11.6 Å². The van der Waals surface area contributed by atoms with Gasteiger partial charge < -0.3 is 15.0 Å². The van der Waals surface area contributed by atoms with Gasteiger partial charge in [0.2, 0.25) is 0 Å². The van der Waals surface area contributed by atoms with Crippen molar-refractivity contribution in [3.05, 3.63) is 22.2 Å². The first kappa shape index (κ1) is 13.6. The summed E-state index contributed by atoms with van der Waals surface area (Å²) in [7, 11) is 0. The van der Waals surface area contributed by atoms with Gasteiger partial charge in [-0.15, -0.1) is 0 Å². The summed E-state index contributed by atoms with van der Waals surface area (Å²) >= 11 is 0. The number of aliphatic carboxylic acids is 1. The molecule has 2 heterocycles. The molecule has 0 spiro atoms. The van der Waals surface area contributed by atoms with Gasteiger partial charge in [0, 0.05) is 25.1 Å². The molecule has 1 aromatic heterocycles. The molecule has 1 saturated heterocycles. The Morgan fingerprint density at radius 3 is 2.74 bits per heavy atom. The SMILES string of the molecule is CC(C)c1nc(N2CC(C)C(C(=O)O)C2)cc(=O)[nH]1. The Hall–Kier alpha value is -1.85. The van der Waals surface area contributed by atoms with E-state index >= 15 is 0 Å². The molecule has 0 radical (unpaired) electrons. The van der Waals surface area contributed by atoms with E-state index in [1.54, 1.807) is 0 Å². The molecule has 1 fully saturated rings. The fraction of sp³-hybridized carbons (Fsp3) is 0.615. The van der Waals surface area contributed by atoms with Crippen LogP contribution in [0.25, 0.3) is 0 Å². The van der Waals surface area contributed by atoms with Crippen LogP contribution in [0.4, 0.5) is 5.82 Å². The van der Waals surface area contributed by atoms with Crippen LogP contribution in [0.1, 0.15) is 32.5 Å². The van der Waals surface area contributed by atoms with Crippen molar-refractivity contribution < 1.29 is 9.90 Å². The Kier molecular flexibility index (Phi) is 3.59. The molecule has 2 N–H and O–H groups in total. The van der Waals surface area contributed by atoms with E-state index in [0.717, 1.165) is 0 Å². The first-order valence-corrected chi connectivity index (χ1v) is 6.47. The van der Waals surface area contributed by atoms with Gasteiger partial charge >= 0.3 is 5.97 Å². The molecule has 0 aromatic carbocycles. The largest absolute Gasteiger partial charge is 0.481 e. The Labute approximate surface area is 111 Å². The van der Waals surface area contributed by atoms with Crippen LogP contribution in [0.5, 0.6) is 0 Å². The Morgan fingerprint density at radius 2 is 2.21 bits per heavy atom. The molecule has 1 aliphatic heterocycles. The quantitative estimate of drug-likeness (QED) is 0.853. The van der Waals surface area contributed by atoms with E-state index in [9.17, 15) is 9.59 Å².